The summed E-state index contributed by atoms with van der Waals surface area (Å²) in [5, 5.41) is 4.01. The van der Waals surface area contributed by atoms with Crippen LogP contribution >= 0.6 is 23.2 Å². The maximum atomic E-state index is 12.6. The molecule has 0 spiro atoms. The number of piperidine rings is 1. The van der Waals surface area contributed by atoms with Crippen LogP contribution in [-0.4, -0.2) is 19.3 Å². The Morgan fingerprint density at radius 3 is 2.50 bits per heavy atom. The quantitative estimate of drug-likeness (QED) is 0.828. The van der Waals surface area contributed by atoms with E-state index in [-0.39, 0.29) is 6.42 Å². The van der Waals surface area contributed by atoms with E-state index in [4.69, 9.17) is 23.2 Å². The van der Waals surface area contributed by atoms with Crippen molar-refractivity contribution in [3.05, 3.63) is 33.8 Å². The molecule has 1 aromatic rings. The van der Waals surface area contributed by atoms with Crippen LogP contribution in [0.4, 0.5) is 13.2 Å². The fourth-order valence-corrected chi connectivity index (χ4v) is 3.08. The lowest BCUT2D eigenvalue weighted by atomic mass is 9.71. The number of benzene rings is 1. The van der Waals surface area contributed by atoms with Gasteiger partial charge in [-0.1, -0.05) is 29.3 Å². The predicted molar refractivity (Wildman–Crippen MR) is 75.5 cm³/mol. The van der Waals surface area contributed by atoms with Crippen molar-refractivity contribution in [1.29, 1.82) is 0 Å². The fourth-order valence-electron chi connectivity index (χ4n) is 2.78. The fraction of sp³-hybridized carbons (Fsp3) is 0.571. The Hall–Kier alpha value is -0.450. The molecule has 0 radical (unpaired) electrons. The summed E-state index contributed by atoms with van der Waals surface area (Å²) in [5.74, 6) is 0. The van der Waals surface area contributed by atoms with Gasteiger partial charge in [0.1, 0.15) is 0 Å². The monoisotopic (exact) mass is 325 g/mol. The Balaban J connectivity index is 2.28. The minimum atomic E-state index is -4.14. The lowest BCUT2D eigenvalue weighted by Gasteiger charge is -2.39. The van der Waals surface area contributed by atoms with Gasteiger partial charge in [-0.2, -0.15) is 13.2 Å². The molecule has 1 aliphatic rings. The van der Waals surface area contributed by atoms with Crippen LogP contribution in [0.2, 0.25) is 10.0 Å². The molecule has 6 heteroatoms. The first-order valence-electron chi connectivity index (χ1n) is 6.55. The van der Waals surface area contributed by atoms with Gasteiger partial charge in [-0.25, -0.2) is 0 Å². The molecule has 1 atom stereocenters. The summed E-state index contributed by atoms with van der Waals surface area (Å²) in [6, 6.07) is 5.15. The second-order valence-electron chi connectivity index (χ2n) is 5.30. The van der Waals surface area contributed by atoms with Crippen LogP contribution in [0.25, 0.3) is 0 Å². The van der Waals surface area contributed by atoms with Gasteiger partial charge in [0.25, 0.3) is 0 Å². The van der Waals surface area contributed by atoms with E-state index in [9.17, 15) is 13.2 Å². The molecule has 1 aliphatic heterocycles. The van der Waals surface area contributed by atoms with Gasteiger partial charge in [-0.15, -0.1) is 0 Å². The third-order valence-electron chi connectivity index (χ3n) is 3.89. The van der Waals surface area contributed by atoms with Crippen molar-refractivity contribution in [2.45, 2.75) is 37.3 Å². The van der Waals surface area contributed by atoms with Crippen molar-refractivity contribution < 1.29 is 13.2 Å². The first-order chi connectivity index (χ1) is 9.32. The Morgan fingerprint density at radius 1 is 1.20 bits per heavy atom. The minimum Gasteiger partial charge on any atom is -0.316 e. The number of hydrogen-bond acceptors (Lipinski definition) is 1. The second kappa shape index (κ2) is 6.12. The van der Waals surface area contributed by atoms with Crippen molar-refractivity contribution in [2.75, 3.05) is 13.1 Å². The van der Waals surface area contributed by atoms with E-state index in [1.807, 2.05) is 0 Å². The van der Waals surface area contributed by atoms with Crippen molar-refractivity contribution in [2.24, 2.45) is 0 Å². The number of alkyl halides is 3. The smallest absolute Gasteiger partial charge is 0.316 e. The molecule has 0 aliphatic carbocycles. The summed E-state index contributed by atoms with van der Waals surface area (Å²) in [5.41, 5.74) is 0.325. The molecule has 0 amide bonds. The molecule has 0 aromatic heterocycles. The zero-order chi connectivity index (χ0) is 14.8. The van der Waals surface area contributed by atoms with Crippen LogP contribution in [-0.2, 0) is 5.41 Å². The minimum absolute atomic E-state index is 0.0709. The van der Waals surface area contributed by atoms with Crippen LogP contribution in [0, 0.1) is 0 Å². The van der Waals surface area contributed by atoms with Crippen molar-refractivity contribution in [3.63, 3.8) is 0 Å². The number of rotatable bonds is 3. The molecule has 1 heterocycles. The average molecular weight is 326 g/mol. The summed E-state index contributed by atoms with van der Waals surface area (Å²) in [6.07, 6.45) is -3.26. The van der Waals surface area contributed by atoms with E-state index in [1.165, 1.54) is 0 Å². The molecule has 1 nitrogen and oxygen atoms in total. The highest BCUT2D eigenvalue weighted by atomic mass is 35.5. The summed E-state index contributed by atoms with van der Waals surface area (Å²) < 4.78 is 37.7. The molecule has 20 heavy (non-hydrogen) atoms. The molecule has 0 unspecified atom stereocenters. The normalized spacial score (nSPS) is 23.9. The van der Waals surface area contributed by atoms with Gasteiger partial charge in [0.2, 0.25) is 0 Å². The van der Waals surface area contributed by atoms with Gasteiger partial charge in [-0.3, -0.25) is 0 Å². The highest BCUT2D eigenvalue weighted by Gasteiger charge is 2.38. The Morgan fingerprint density at radius 2 is 1.95 bits per heavy atom. The highest BCUT2D eigenvalue weighted by molar-refractivity contribution is 6.42. The van der Waals surface area contributed by atoms with E-state index < -0.39 is 18.0 Å². The maximum absolute atomic E-state index is 12.6. The van der Waals surface area contributed by atoms with Crippen molar-refractivity contribution in [1.82, 2.24) is 5.32 Å². The molecule has 1 N–H and O–H groups in total. The topological polar surface area (TPSA) is 12.0 Å². The number of halogens is 5. The summed E-state index contributed by atoms with van der Waals surface area (Å²) >= 11 is 11.9. The average Bonchev–Trinajstić information content (AvgIpc) is 2.40. The Bertz CT molecular complexity index is 468. The molecule has 1 aromatic carbocycles. The summed E-state index contributed by atoms with van der Waals surface area (Å²) in [4.78, 5) is 0. The van der Waals surface area contributed by atoms with Gasteiger partial charge >= 0.3 is 6.18 Å². The molecule has 112 valence electrons. The van der Waals surface area contributed by atoms with Crippen molar-refractivity contribution >= 4 is 23.2 Å². The van der Waals surface area contributed by atoms with E-state index in [2.05, 4.69) is 5.32 Å². The van der Waals surface area contributed by atoms with Crippen LogP contribution in [0.1, 0.15) is 31.2 Å². The second-order valence-corrected chi connectivity index (χ2v) is 6.12. The molecule has 0 saturated carbocycles. The third-order valence-corrected chi connectivity index (χ3v) is 4.63. The first-order valence-corrected chi connectivity index (χ1v) is 7.31. The molecular weight excluding hydrogens is 310 g/mol. The van der Waals surface area contributed by atoms with Gasteiger partial charge < -0.3 is 5.32 Å². The molecule has 0 bridgehead atoms. The zero-order valence-corrected chi connectivity index (χ0v) is 12.4. The lowest BCUT2D eigenvalue weighted by Crippen LogP contribution is -2.44. The van der Waals surface area contributed by atoms with Crippen molar-refractivity contribution in [3.8, 4) is 0 Å². The summed E-state index contributed by atoms with van der Waals surface area (Å²) in [6.45, 7) is 1.39. The maximum Gasteiger partial charge on any atom is 0.389 e. The van der Waals surface area contributed by atoms with Crippen LogP contribution in [0.3, 0.4) is 0 Å². The number of hydrogen-bond donors (Lipinski definition) is 1. The molecule has 1 fully saturated rings. The van der Waals surface area contributed by atoms with Gasteiger partial charge in [0, 0.05) is 18.4 Å². The van der Waals surface area contributed by atoms with Crippen LogP contribution < -0.4 is 5.32 Å². The standard InChI is InChI=1S/C14H16Cl2F3N/c15-11-3-2-10(8-12(11)16)13(4-1-7-20-9-13)5-6-14(17,18)19/h2-3,8,20H,1,4-7,9H2/t13-/m1/s1. The summed E-state index contributed by atoms with van der Waals surface area (Å²) in [7, 11) is 0. The Kier molecular flexibility index (Phi) is 4.88. The number of nitrogens with one attached hydrogen (secondary N) is 1. The van der Waals surface area contributed by atoms with Gasteiger partial charge in [0.15, 0.2) is 0 Å². The third kappa shape index (κ3) is 3.80. The highest BCUT2D eigenvalue weighted by Crippen LogP contribution is 2.40. The molecular formula is C14H16Cl2F3N. The van der Waals surface area contributed by atoms with E-state index in [1.54, 1.807) is 18.2 Å². The van der Waals surface area contributed by atoms with E-state index >= 15 is 0 Å². The molecule has 1 saturated heterocycles. The zero-order valence-electron chi connectivity index (χ0n) is 10.9. The van der Waals surface area contributed by atoms with Crippen LogP contribution in [0.15, 0.2) is 18.2 Å². The largest absolute Gasteiger partial charge is 0.389 e. The predicted octanol–water partition coefficient (Wildman–Crippen LogP) is 4.96. The van der Waals surface area contributed by atoms with E-state index in [0.29, 0.717) is 16.6 Å². The lowest BCUT2D eigenvalue weighted by molar-refractivity contribution is -0.139. The van der Waals surface area contributed by atoms with Crippen LogP contribution in [0.5, 0.6) is 0 Å². The SMILES string of the molecule is FC(F)(F)CC[C@]1(c2ccc(Cl)c(Cl)c2)CCCNC1. The first kappa shape index (κ1) is 15.9. The van der Waals surface area contributed by atoms with Gasteiger partial charge in [0.05, 0.1) is 10.0 Å². The van der Waals surface area contributed by atoms with E-state index in [0.717, 1.165) is 24.9 Å². The van der Waals surface area contributed by atoms with Gasteiger partial charge in [-0.05, 0) is 43.5 Å². The molecule has 2 rings (SSSR count). The Labute approximate surface area is 126 Å².